The molecule has 1 aliphatic carbocycles. The Labute approximate surface area is 154 Å². The zero-order valence-electron chi connectivity index (χ0n) is 13.9. The van der Waals surface area contributed by atoms with Gasteiger partial charge in [-0.1, -0.05) is 36.0 Å². The summed E-state index contributed by atoms with van der Waals surface area (Å²) in [4.78, 5) is 12.3. The molecule has 7 nitrogen and oxygen atoms in total. The molecule has 0 aliphatic heterocycles. The lowest BCUT2D eigenvalue weighted by molar-refractivity contribution is -0.119. The van der Waals surface area contributed by atoms with Crippen molar-refractivity contribution in [2.45, 2.75) is 24.0 Å². The molecule has 0 spiro atoms. The van der Waals surface area contributed by atoms with Crippen LogP contribution in [0.15, 0.2) is 53.7 Å². The van der Waals surface area contributed by atoms with E-state index in [1.807, 2.05) is 12.1 Å². The van der Waals surface area contributed by atoms with Gasteiger partial charge in [-0.2, -0.15) is 4.68 Å². The van der Waals surface area contributed by atoms with E-state index in [2.05, 4.69) is 33.0 Å². The summed E-state index contributed by atoms with van der Waals surface area (Å²) in [5, 5.41) is 24.6. The van der Waals surface area contributed by atoms with Crippen LogP contribution < -0.4 is 5.32 Å². The fourth-order valence-corrected chi connectivity index (χ4v) is 3.79. The van der Waals surface area contributed by atoms with E-state index < -0.39 is 0 Å². The standard InChI is InChI=1S/C18H17N5O2S/c24-16-7-5-15(6-8-16)23-18(20-21-22-23)26-11-17(25)19-14-9-12-3-1-2-4-13(12)10-14/h1-8,14,24H,9-11H2,(H,19,25). The molecule has 1 amide bonds. The van der Waals surface area contributed by atoms with Gasteiger partial charge in [0.25, 0.3) is 0 Å². The van der Waals surface area contributed by atoms with Crippen molar-refractivity contribution in [3.63, 3.8) is 0 Å². The number of rotatable bonds is 5. The van der Waals surface area contributed by atoms with Crippen molar-refractivity contribution < 1.29 is 9.90 Å². The number of phenolic OH excluding ortho intramolecular Hbond substituents is 1. The molecule has 3 aromatic rings. The zero-order valence-corrected chi connectivity index (χ0v) is 14.7. The van der Waals surface area contributed by atoms with Crippen LogP contribution in [0.5, 0.6) is 5.75 Å². The Morgan fingerprint density at radius 3 is 2.54 bits per heavy atom. The summed E-state index contributed by atoms with van der Waals surface area (Å²) in [5.74, 6) is 0.381. The topological polar surface area (TPSA) is 92.9 Å². The zero-order chi connectivity index (χ0) is 17.9. The molecule has 0 fully saturated rings. The highest BCUT2D eigenvalue weighted by molar-refractivity contribution is 7.99. The minimum atomic E-state index is -0.0342. The van der Waals surface area contributed by atoms with Gasteiger partial charge in [0.1, 0.15) is 5.75 Å². The summed E-state index contributed by atoms with van der Waals surface area (Å²) in [5.41, 5.74) is 3.34. The van der Waals surface area contributed by atoms with E-state index in [0.29, 0.717) is 5.16 Å². The first-order valence-electron chi connectivity index (χ1n) is 8.26. The summed E-state index contributed by atoms with van der Waals surface area (Å²) in [6, 6.07) is 15.0. The molecule has 0 radical (unpaired) electrons. The Morgan fingerprint density at radius 1 is 1.15 bits per heavy atom. The second-order valence-corrected chi connectivity index (χ2v) is 7.06. The van der Waals surface area contributed by atoms with Gasteiger partial charge in [-0.3, -0.25) is 4.79 Å². The number of nitrogens with one attached hydrogen (secondary N) is 1. The minimum Gasteiger partial charge on any atom is -0.508 e. The molecule has 1 aromatic heterocycles. The number of thioether (sulfide) groups is 1. The molecule has 1 heterocycles. The summed E-state index contributed by atoms with van der Waals surface area (Å²) < 4.78 is 1.54. The van der Waals surface area contributed by atoms with Crippen LogP contribution in [0.3, 0.4) is 0 Å². The number of phenols is 1. The highest BCUT2D eigenvalue weighted by atomic mass is 32.2. The van der Waals surface area contributed by atoms with Crippen molar-refractivity contribution >= 4 is 17.7 Å². The lowest BCUT2D eigenvalue weighted by Crippen LogP contribution is -2.36. The van der Waals surface area contributed by atoms with Crippen LogP contribution in [-0.2, 0) is 17.6 Å². The van der Waals surface area contributed by atoms with E-state index in [-0.39, 0.29) is 23.5 Å². The van der Waals surface area contributed by atoms with Gasteiger partial charge in [-0.15, -0.1) is 5.10 Å². The van der Waals surface area contributed by atoms with Crippen LogP contribution >= 0.6 is 11.8 Å². The van der Waals surface area contributed by atoms with Gasteiger partial charge in [-0.05, 0) is 58.7 Å². The van der Waals surface area contributed by atoms with E-state index in [1.165, 1.54) is 22.9 Å². The first-order chi connectivity index (χ1) is 12.7. The average Bonchev–Trinajstić information content (AvgIpc) is 3.26. The Kier molecular flexibility index (Phi) is 4.57. The second kappa shape index (κ2) is 7.17. The normalized spacial score (nSPS) is 13.5. The summed E-state index contributed by atoms with van der Waals surface area (Å²) >= 11 is 1.28. The number of nitrogens with zero attached hydrogens (tertiary/aromatic N) is 4. The molecular weight excluding hydrogens is 350 g/mol. The summed E-state index contributed by atoms with van der Waals surface area (Å²) in [6.07, 6.45) is 1.75. The van der Waals surface area contributed by atoms with E-state index >= 15 is 0 Å². The number of benzene rings is 2. The molecular formula is C18H17N5O2S. The van der Waals surface area contributed by atoms with Crippen molar-refractivity contribution in [2.24, 2.45) is 0 Å². The van der Waals surface area contributed by atoms with E-state index in [4.69, 9.17) is 0 Å². The molecule has 132 valence electrons. The molecule has 2 aromatic carbocycles. The molecule has 0 saturated heterocycles. The number of hydrogen-bond acceptors (Lipinski definition) is 6. The lowest BCUT2D eigenvalue weighted by Gasteiger charge is -2.11. The van der Waals surface area contributed by atoms with Gasteiger partial charge in [-0.25, -0.2) is 0 Å². The fraction of sp³-hybridized carbons (Fsp3) is 0.222. The van der Waals surface area contributed by atoms with Crippen LogP contribution in [-0.4, -0.2) is 43.0 Å². The van der Waals surface area contributed by atoms with Crippen molar-refractivity contribution in [1.82, 2.24) is 25.5 Å². The SMILES string of the molecule is O=C(CSc1nnnn1-c1ccc(O)cc1)NC1Cc2ccccc2C1. The number of aromatic nitrogens is 4. The number of carbonyl (C=O) groups is 1. The highest BCUT2D eigenvalue weighted by Gasteiger charge is 2.22. The molecule has 0 saturated carbocycles. The monoisotopic (exact) mass is 367 g/mol. The van der Waals surface area contributed by atoms with Gasteiger partial charge < -0.3 is 10.4 Å². The molecule has 8 heteroatoms. The maximum absolute atomic E-state index is 12.3. The Balaban J connectivity index is 1.34. The quantitative estimate of drug-likeness (QED) is 0.668. The Bertz CT molecular complexity index is 900. The van der Waals surface area contributed by atoms with Gasteiger partial charge >= 0.3 is 0 Å². The smallest absolute Gasteiger partial charge is 0.230 e. The van der Waals surface area contributed by atoms with Crippen molar-refractivity contribution in [3.05, 3.63) is 59.7 Å². The number of tetrazole rings is 1. The molecule has 0 unspecified atom stereocenters. The molecule has 1 aliphatic rings. The maximum atomic E-state index is 12.3. The minimum absolute atomic E-state index is 0.0342. The molecule has 26 heavy (non-hydrogen) atoms. The van der Waals surface area contributed by atoms with Crippen molar-refractivity contribution in [3.8, 4) is 11.4 Å². The van der Waals surface area contributed by atoms with Crippen LogP contribution in [0, 0.1) is 0 Å². The molecule has 4 rings (SSSR count). The lowest BCUT2D eigenvalue weighted by atomic mass is 10.1. The number of aromatic hydroxyl groups is 1. The highest BCUT2D eigenvalue weighted by Crippen LogP contribution is 2.23. The number of amides is 1. The van der Waals surface area contributed by atoms with Crippen LogP contribution in [0.4, 0.5) is 0 Å². The summed E-state index contributed by atoms with van der Waals surface area (Å²) in [7, 11) is 0. The Hall–Kier alpha value is -2.87. The van der Waals surface area contributed by atoms with Crippen molar-refractivity contribution in [1.29, 1.82) is 0 Å². The van der Waals surface area contributed by atoms with Gasteiger partial charge in [0.15, 0.2) is 0 Å². The molecule has 0 atom stereocenters. The molecule has 2 N–H and O–H groups in total. The number of carbonyl (C=O) groups excluding carboxylic acids is 1. The number of fused-ring (bicyclic) bond motifs is 1. The Morgan fingerprint density at radius 2 is 1.85 bits per heavy atom. The van der Waals surface area contributed by atoms with Gasteiger partial charge in [0.2, 0.25) is 11.1 Å². The van der Waals surface area contributed by atoms with Gasteiger partial charge in [0.05, 0.1) is 11.4 Å². The van der Waals surface area contributed by atoms with Crippen LogP contribution in [0.2, 0.25) is 0 Å². The third kappa shape index (κ3) is 3.55. The third-order valence-electron chi connectivity index (χ3n) is 4.28. The largest absolute Gasteiger partial charge is 0.508 e. The van der Waals surface area contributed by atoms with E-state index in [0.717, 1.165) is 18.5 Å². The van der Waals surface area contributed by atoms with Gasteiger partial charge in [0, 0.05) is 6.04 Å². The average molecular weight is 367 g/mol. The third-order valence-corrected chi connectivity index (χ3v) is 5.20. The van der Waals surface area contributed by atoms with E-state index in [1.54, 1.807) is 28.9 Å². The first-order valence-corrected chi connectivity index (χ1v) is 9.24. The van der Waals surface area contributed by atoms with Crippen LogP contribution in [0.25, 0.3) is 5.69 Å². The van der Waals surface area contributed by atoms with E-state index in [9.17, 15) is 9.90 Å². The second-order valence-electron chi connectivity index (χ2n) is 6.12. The predicted molar refractivity (Wildman–Crippen MR) is 97.3 cm³/mol. The summed E-state index contributed by atoms with van der Waals surface area (Å²) in [6.45, 7) is 0. The number of hydrogen-bond donors (Lipinski definition) is 2. The van der Waals surface area contributed by atoms with Crippen molar-refractivity contribution in [2.75, 3.05) is 5.75 Å². The first kappa shape index (κ1) is 16.6. The predicted octanol–water partition coefficient (Wildman–Crippen LogP) is 1.74. The molecule has 0 bridgehead atoms. The maximum Gasteiger partial charge on any atom is 0.230 e. The fourth-order valence-electron chi connectivity index (χ4n) is 3.09. The van der Waals surface area contributed by atoms with Crippen LogP contribution in [0.1, 0.15) is 11.1 Å².